The molecule has 162 valence electrons. The van der Waals surface area contributed by atoms with E-state index >= 15 is 0 Å². The molecule has 31 heavy (non-hydrogen) atoms. The van der Waals surface area contributed by atoms with Crippen molar-refractivity contribution in [2.75, 3.05) is 13.2 Å². The Balaban J connectivity index is 1.60. The van der Waals surface area contributed by atoms with E-state index in [1.807, 2.05) is 35.0 Å². The topological polar surface area (TPSA) is 66.2 Å². The lowest BCUT2D eigenvalue weighted by Gasteiger charge is -2.15. The average molecular weight is 420 g/mol. The molecular formula is C25H29N3O3. The van der Waals surface area contributed by atoms with Crippen molar-refractivity contribution in [3.05, 3.63) is 90.3 Å². The molecule has 2 aromatic heterocycles. The highest BCUT2D eigenvalue weighted by Crippen LogP contribution is 2.11. The van der Waals surface area contributed by atoms with Gasteiger partial charge in [0.2, 0.25) is 0 Å². The zero-order chi connectivity index (χ0) is 21.7. The molecule has 0 aliphatic rings. The molecule has 0 fully saturated rings. The molecular weight excluding hydrogens is 390 g/mol. The van der Waals surface area contributed by atoms with E-state index < -0.39 is 12.1 Å². The molecule has 0 spiro atoms. The largest absolute Gasteiger partial charge is 0.452 e. The molecule has 1 unspecified atom stereocenters. The van der Waals surface area contributed by atoms with Crippen LogP contribution in [0.4, 0.5) is 0 Å². The number of rotatable bonds is 12. The number of pyridine rings is 1. The fourth-order valence-corrected chi connectivity index (χ4v) is 3.02. The van der Waals surface area contributed by atoms with Gasteiger partial charge in [0.15, 0.2) is 0 Å². The SMILES string of the molecule is CCCCCOCC(C=Cc1ccc(Cn2ccnc2)cc1)OC(=O)c1cccnc1. The molecule has 1 atom stereocenters. The van der Waals surface area contributed by atoms with Crippen LogP contribution in [0.5, 0.6) is 0 Å². The number of carbonyl (C=O) groups excluding carboxylic acids is 1. The van der Waals surface area contributed by atoms with Crippen LogP contribution < -0.4 is 0 Å². The van der Waals surface area contributed by atoms with Crippen molar-refractivity contribution in [1.29, 1.82) is 0 Å². The van der Waals surface area contributed by atoms with Crippen molar-refractivity contribution in [2.24, 2.45) is 0 Å². The first-order valence-electron chi connectivity index (χ1n) is 10.7. The van der Waals surface area contributed by atoms with E-state index in [0.717, 1.165) is 31.4 Å². The number of esters is 1. The van der Waals surface area contributed by atoms with Crippen molar-refractivity contribution in [3.63, 3.8) is 0 Å². The molecule has 3 aromatic rings. The lowest BCUT2D eigenvalue weighted by molar-refractivity contribution is 0.0106. The number of nitrogens with zero attached hydrogens (tertiary/aromatic N) is 3. The lowest BCUT2D eigenvalue weighted by Crippen LogP contribution is -2.22. The Hall–Kier alpha value is -3.25. The standard InChI is InChI=1S/C25H29N3O3/c1-2-3-4-16-30-19-24(31-25(29)23-6-5-13-26-17-23)12-11-21-7-9-22(10-8-21)18-28-15-14-27-20-28/h5-15,17,20,24H,2-4,16,18-19H2,1H3. The van der Waals surface area contributed by atoms with Gasteiger partial charge in [-0.25, -0.2) is 9.78 Å². The van der Waals surface area contributed by atoms with E-state index in [4.69, 9.17) is 9.47 Å². The summed E-state index contributed by atoms with van der Waals surface area (Å²) in [6.07, 6.45) is 15.3. The summed E-state index contributed by atoms with van der Waals surface area (Å²) in [5.41, 5.74) is 2.65. The molecule has 0 aliphatic carbocycles. The summed E-state index contributed by atoms with van der Waals surface area (Å²) >= 11 is 0. The van der Waals surface area contributed by atoms with Gasteiger partial charge in [0, 0.05) is 37.9 Å². The molecule has 0 amide bonds. The van der Waals surface area contributed by atoms with Crippen LogP contribution in [0.15, 0.2) is 73.6 Å². The minimum Gasteiger partial charge on any atom is -0.452 e. The van der Waals surface area contributed by atoms with Gasteiger partial charge in [-0.15, -0.1) is 0 Å². The van der Waals surface area contributed by atoms with Gasteiger partial charge >= 0.3 is 5.97 Å². The molecule has 1 aromatic carbocycles. The van der Waals surface area contributed by atoms with Gasteiger partial charge in [-0.1, -0.05) is 50.1 Å². The molecule has 6 heteroatoms. The quantitative estimate of drug-likeness (QED) is 0.312. The van der Waals surface area contributed by atoms with Crippen LogP contribution in [0.1, 0.15) is 47.7 Å². The third-order valence-electron chi connectivity index (χ3n) is 4.74. The first-order chi connectivity index (χ1) is 15.2. The van der Waals surface area contributed by atoms with E-state index in [1.165, 1.54) is 11.8 Å². The molecule has 0 bridgehead atoms. The summed E-state index contributed by atoms with van der Waals surface area (Å²) in [5, 5.41) is 0. The molecule has 2 heterocycles. The Kier molecular flexibility index (Phi) is 9.01. The molecule has 6 nitrogen and oxygen atoms in total. The molecule has 0 radical (unpaired) electrons. The third-order valence-corrected chi connectivity index (χ3v) is 4.74. The average Bonchev–Trinajstić information content (AvgIpc) is 3.31. The summed E-state index contributed by atoms with van der Waals surface area (Å²) in [6, 6.07) is 11.7. The van der Waals surface area contributed by atoms with Crippen LogP contribution in [-0.2, 0) is 16.0 Å². The van der Waals surface area contributed by atoms with Gasteiger partial charge in [0.1, 0.15) is 6.10 Å². The van der Waals surface area contributed by atoms with Crippen molar-refractivity contribution in [3.8, 4) is 0 Å². The maximum atomic E-state index is 12.4. The van der Waals surface area contributed by atoms with Crippen LogP contribution >= 0.6 is 0 Å². The first-order valence-corrected chi connectivity index (χ1v) is 10.7. The normalized spacial score (nSPS) is 12.2. The summed E-state index contributed by atoms with van der Waals surface area (Å²) in [6.45, 7) is 3.92. The Labute approximate surface area is 183 Å². The van der Waals surface area contributed by atoms with Crippen LogP contribution in [-0.4, -0.2) is 39.8 Å². The summed E-state index contributed by atoms with van der Waals surface area (Å²) < 4.78 is 13.4. The van der Waals surface area contributed by atoms with E-state index in [-0.39, 0.29) is 0 Å². The maximum absolute atomic E-state index is 12.4. The van der Waals surface area contributed by atoms with Crippen LogP contribution in [0, 0.1) is 0 Å². The second-order valence-electron chi connectivity index (χ2n) is 7.30. The predicted octanol–water partition coefficient (Wildman–Crippen LogP) is 4.77. The van der Waals surface area contributed by atoms with E-state index in [0.29, 0.717) is 18.8 Å². The minimum atomic E-state index is -0.472. The molecule has 0 saturated heterocycles. The third kappa shape index (κ3) is 7.83. The zero-order valence-corrected chi connectivity index (χ0v) is 17.9. The molecule has 0 saturated carbocycles. The highest BCUT2D eigenvalue weighted by Gasteiger charge is 2.14. The summed E-state index contributed by atoms with van der Waals surface area (Å²) in [7, 11) is 0. The maximum Gasteiger partial charge on any atom is 0.340 e. The second kappa shape index (κ2) is 12.4. The number of ether oxygens (including phenoxy) is 2. The summed E-state index contributed by atoms with van der Waals surface area (Å²) in [4.78, 5) is 20.5. The Morgan fingerprint density at radius 3 is 2.71 bits per heavy atom. The van der Waals surface area contributed by atoms with Gasteiger partial charge in [0.25, 0.3) is 0 Å². The van der Waals surface area contributed by atoms with Crippen molar-refractivity contribution < 1.29 is 14.3 Å². The van der Waals surface area contributed by atoms with Gasteiger partial charge < -0.3 is 14.0 Å². The zero-order valence-electron chi connectivity index (χ0n) is 17.9. The summed E-state index contributed by atoms with van der Waals surface area (Å²) in [5.74, 6) is -0.407. The monoisotopic (exact) mass is 419 g/mol. The molecule has 0 aliphatic heterocycles. The minimum absolute atomic E-state index is 0.324. The van der Waals surface area contributed by atoms with Crippen LogP contribution in [0.2, 0.25) is 0 Å². The van der Waals surface area contributed by atoms with Gasteiger partial charge in [-0.05, 0) is 35.8 Å². The van der Waals surface area contributed by atoms with E-state index in [9.17, 15) is 4.79 Å². The number of hydrogen-bond donors (Lipinski definition) is 0. The van der Waals surface area contributed by atoms with E-state index in [2.05, 4.69) is 29.0 Å². The Morgan fingerprint density at radius 1 is 1.13 bits per heavy atom. The molecule has 0 N–H and O–H groups in total. The number of benzene rings is 1. The van der Waals surface area contributed by atoms with Crippen molar-refractivity contribution >= 4 is 12.0 Å². The smallest absolute Gasteiger partial charge is 0.340 e. The van der Waals surface area contributed by atoms with Gasteiger partial charge in [-0.2, -0.15) is 0 Å². The highest BCUT2D eigenvalue weighted by atomic mass is 16.6. The molecule has 3 rings (SSSR count). The Bertz CT molecular complexity index is 922. The lowest BCUT2D eigenvalue weighted by atomic mass is 10.1. The number of aromatic nitrogens is 3. The second-order valence-corrected chi connectivity index (χ2v) is 7.30. The van der Waals surface area contributed by atoms with Crippen molar-refractivity contribution in [2.45, 2.75) is 38.8 Å². The van der Waals surface area contributed by atoms with E-state index in [1.54, 1.807) is 30.9 Å². The first kappa shape index (κ1) is 22.4. The number of unbranched alkanes of at least 4 members (excludes halogenated alkanes) is 2. The number of hydrogen-bond acceptors (Lipinski definition) is 5. The van der Waals surface area contributed by atoms with Crippen molar-refractivity contribution in [1.82, 2.24) is 14.5 Å². The number of imidazole rings is 1. The van der Waals surface area contributed by atoms with Crippen LogP contribution in [0.25, 0.3) is 6.08 Å². The number of carbonyl (C=O) groups is 1. The fourth-order valence-electron chi connectivity index (χ4n) is 3.02. The van der Waals surface area contributed by atoms with Gasteiger partial charge in [0.05, 0.1) is 18.5 Å². The predicted molar refractivity (Wildman–Crippen MR) is 121 cm³/mol. The highest BCUT2D eigenvalue weighted by molar-refractivity contribution is 5.89. The Morgan fingerprint density at radius 2 is 2.00 bits per heavy atom. The van der Waals surface area contributed by atoms with Gasteiger partial charge in [-0.3, -0.25) is 4.98 Å². The van der Waals surface area contributed by atoms with Crippen LogP contribution in [0.3, 0.4) is 0 Å². The fraction of sp³-hybridized carbons (Fsp3) is 0.320.